The first-order valence-electron chi connectivity index (χ1n) is 6.83. The Hall–Kier alpha value is -2.21. The van der Waals surface area contributed by atoms with Crippen LogP contribution >= 0.6 is 0 Å². The van der Waals surface area contributed by atoms with Gasteiger partial charge in [0.25, 0.3) is 0 Å². The number of carboxylic acids is 1. The fourth-order valence-electron chi connectivity index (χ4n) is 2.17. The number of carbonyl (C=O) groups is 1. The molecule has 0 spiro atoms. The highest BCUT2D eigenvalue weighted by Crippen LogP contribution is 2.10. The van der Waals surface area contributed by atoms with Crippen molar-refractivity contribution in [3.05, 3.63) is 47.0 Å². The maximum Gasteiger partial charge on any atom is 0.335 e. The van der Waals surface area contributed by atoms with Gasteiger partial charge in [-0.2, -0.15) is 0 Å². The molecule has 0 radical (unpaired) electrons. The topological polar surface area (TPSA) is 71.2 Å². The molecule has 21 heavy (non-hydrogen) atoms. The van der Waals surface area contributed by atoms with Crippen LogP contribution in [-0.4, -0.2) is 44.3 Å². The maximum absolute atomic E-state index is 11.2. The number of aryl methyl sites for hydroxylation is 1. The Morgan fingerprint density at radius 2 is 2.05 bits per heavy atom. The summed E-state index contributed by atoms with van der Waals surface area (Å²) in [5.74, 6) is 0.910. The molecule has 1 N–H and O–H groups in total. The molecule has 0 unspecified atom stereocenters. The highest BCUT2D eigenvalue weighted by atomic mass is 16.4. The van der Waals surface area contributed by atoms with E-state index in [1.807, 2.05) is 37.7 Å². The van der Waals surface area contributed by atoms with Gasteiger partial charge < -0.3 is 9.67 Å². The third-order valence-electron chi connectivity index (χ3n) is 3.60. The van der Waals surface area contributed by atoms with Crippen LogP contribution in [0.3, 0.4) is 0 Å². The third kappa shape index (κ3) is 3.66. The summed E-state index contributed by atoms with van der Waals surface area (Å²) in [6.45, 7) is 3.36. The quantitative estimate of drug-likeness (QED) is 0.872. The minimum absolute atomic E-state index is 0.375. The highest BCUT2D eigenvalue weighted by Gasteiger charge is 2.11. The normalized spacial score (nSPS) is 11.0. The first-order valence-corrected chi connectivity index (χ1v) is 6.83. The van der Waals surface area contributed by atoms with Crippen molar-refractivity contribution in [3.63, 3.8) is 0 Å². The zero-order chi connectivity index (χ0) is 15.4. The second-order valence-corrected chi connectivity index (χ2v) is 5.17. The van der Waals surface area contributed by atoms with Crippen molar-refractivity contribution in [1.29, 1.82) is 0 Å². The monoisotopic (exact) mass is 288 g/mol. The zero-order valence-electron chi connectivity index (χ0n) is 12.6. The molecule has 112 valence electrons. The van der Waals surface area contributed by atoms with Crippen LogP contribution in [0, 0.1) is 6.92 Å². The van der Waals surface area contributed by atoms with Crippen LogP contribution in [0.25, 0.3) is 0 Å². The fraction of sp³-hybridized carbons (Fsp3) is 0.400. The average Bonchev–Trinajstić information content (AvgIpc) is 2.77. The summed E-state index contributed by atoms with van der Waals surface area (Å²) in [4.78, 5) is 13.3. The molecule has 0 bridgehead atoms. The number of hydrogen-bond donors (Lipinski definition) is 1. The number of aromatic carboxylic acids is 1. The van der Waals surface area contributed by atoms with E-state index in [9.17, 15) is 9.90 Å². The van der Waals surface area contributed by atoms with Crippen LogP contribution in [0.15, 0.2) is 24.3 Å². The molecular formula is C15H20N4O2. The van der Waals surface area contributed by atoms with Gasteiger partial charge in [-0.05, 0) is 32.0 Å². The fourth-order valence-corrected chi connectivity index (χ4v) is 2.17. The molecule has 0 amide bonds. The van der Waals surface area contributed by atoms with Crippen LogP contribution in [0.4, 0.5) is 0 Å². The van der Waals surface area contributed by atoms with Crippen LogP contribution in [0.5, 0.6) is 0 Å². The Bertz CT molecular complexity index is 636. The largest absolute Gasteiger partial charge is 0.478 e. The molecule has 0 aliphatic rings. The smallest absolute Gasteiger partial charge is 0.335 e. The van der Waals surface area contributed by atoms with Crippen molar-refractivity contribution < 1.29 is 9.90 Å². The van der Waals surface area contributed by atoms with Crippen molar-refractivity contribution in [1.82, 2.24) is 19.7 Å². The number of rotatable bonds is 6. The van der Waals surface area contributed by atoms with Crippen molar-refractivity contribution in [2.75, 3.05) is 13.6 Å². The van der Waals surface area contributed by atoms with Crippen molar-refractivity contribution in [2.24, 2.45) is 7.05 Å². The predicted molar refractivity (Wildman–Crippen MR) is 79.2 cm³/mol. The van der Waals surface area contributed by atoms with Crippen LogP contribution in [0.2, 0.25) is 0 Å². The van der Waals surface area contributed by atoms with Gasteiger partial charge in [-0.15, -0.1) is 10.2 Å². The van der Waals surface area contributed by atoms with Crippen molar-refractivity contribution >= 4 is 5.97 Å². The first-order chi connectivity index (χ1) is 9.99. The van der Waals surface area contributed by atoms with Crippen LogP contribution in [0.1, 0.15) is 27.6 Å². The van der Waals surface area contributed by atoms with Crippen molar-refractivity contribution in [2.45, 2.75) is 19.9 Å². The molecule has 0 aliphatic carbocycles. The van der Waals surface area contributed by atoms with E-state index in [2.05, 4.69) is 15.1 Å². The molecular weight excluding hydrogens is 268 g/mol. The van der Waals surface area contributed by atoms with E-state index in [-0.39, 0.29) is 0 Å². The lowest BCUT2D eigenvalue weighted by molar-refractivity contribution is 0.0695. The van der Waals surface area contributed by atoms with Gasteiger partial charge in [0.15, 0.2) is 0 Å². The second-order valence-electron chi connectivity index (χ2n) is 5.17. The molecule has 0 fully saturated rings. The van der Waals surface area contributed by atoms with Gasteiger partial charge in [0.2, 0.25) is 0 Å². The van der Waals surface area contributed by atoms with Gasteiger partial charge in [0.05, 0.1) is 12.1 Å². The summed E-state index contributed by atoms with van der Waals surface area (Å²) in [6, 6.07) is 7.13. The third-order valence-corrected chi connectivity index (χ3v) is 3.60. The van der Waals surface area contributed by atoms with Gasteiger partial charge in [-0.3, -0.25) is 4.90 Å². The molecule has 1 heterocycles. The minimum atomic E-state index is -0.878. The number of nitrogens with zero attached hydrogens (tertiary/aromatic N) is 4. The SMILES string of the molecule is Cc1nnc(CN(C)CCc2ccccc2C(=O)O)n1C. The molecule has 1 aromatic heterocycles. The van der Waals surface area contributed by atoms with Crippen LogP contribution in [-0.2, 0) is 20.0 Å². The molecule has 6 heteroatoms. The van der Waals surface area contributed by atoms with E-state index >= 15 is 0 Å². The molecule has 0 saturated heterocycles. The van der Waals surface area contributed by atoms with E-state index < -0.39 is 5.97 Å². The lowest BCUT2D eigenvalue weighted by Crippen LogP contribution is -2.23. The number of hydrogen-bond acceptors (Lipinski definition) is 4. The molecule has 2 aromatic rings. The van der Waals surface area contributed by atoms with Gasteiger partial charge in [-0.1, -0.05) is 18.2 Å². The molecule has 0 atom stereocenters. The number of benzene rings is 1. The maximum atomic E-state index is 11.2. The van der Waals surface area contributed by atoms with E-state index in [0.29, 0.717) is 18.5 Å². The average molecular weight is 288 g/mol. The number of likely N-dealkylation sites (N-methyl/N-ethyl adjacent to an activating group) is 1. The van der Waals surface area contributed by atoms with Crippen molar-refractivity contribution in [3.8, 4) is 0 Å². The van der Waals surface area contributed by atoms with Gasteiger partial charge in [-0.25, -0.2) is 4.79 Å². The molecule has 0 saturated carbocycles. The predicted octanol–water partition coefficient (Wildman–Crippen LogP) is 1.50. The van der Waals surface area contributed by atoms with Gasteiger partial charge in [0, 0.05) is 13.6 Å². The Kier molecular flexibility index (Phi) is 4.70. The Morgan fingerprint density at radius 1 is 1.33 bits per heavy atom. The summed E-state index contributed by atoms with van der Waals surface area (Å²) >= 11 is 0. The summed E-state index contributed by atoms with van der Waals surface area (Å²) in [5.41, 5.74) is 1.23. The lowest BCUT2D eigenvalue weighted by atomic mass is 10.0. The number of carboxylic acid groups (broad SMARTS) is 1. The number of aromatic nitrogens is 3. The van der Waals surface area contributed by atoms with Gasteiger partial charge >= 0.3 is 5.97 Å². The second kappa shape index (κ2) is 6.49. The minimum Gasteiger partial charge on any atom is -0.478 e. The Balaban J connectivity index is 1.97. The van der Waals surface area contributed by atoms with E-state index in [0.717, 1.165) is 23.8 Å². The highest BCUT2D eigenvalue weighted by molar-refractivity contribution is 5.89. The van der Waals surface area contributed by atoms with E-state index in [1.54, 1.807) is 12.1 Å². The van der Waals surface area contributed by atoms with Crippen LogP contribution < -0.4 is 0 Å². The zero-order valence-corrected chi connectivity index (χ0v) is 12.6. The standard InChI is InChI=1S/C15H20N4O2/c1-11-16-17-14(19(11)3)10-18(2)9-8-12-6-4-5-7-13(12)15(20)21/h4-7H,8-10H2,1-3H3,(H,20,21). The summed E-state index contributed by atoms with van der Waals surface area (Å²) in [5, 5.41) is 17.3. The first kappa shape index (κ1) is 15.2. The summed E-state index contributed by atoms with van der Waals surface area (Å²) in [7, 11) is 3.94. The molecule has 0 aliphatic heterocycles. The summed E-state index contributed by atoms with van der Waals surface area (Å²) < 4.78 is 1.96. The lowest BCUT2D eigenvalue weighted by Gasteiger charge is -2.16. The Morgan fingerprint density at radius 3 is 2.67 bits per heavy atom. The van der Waals surface area contributed by atoms with E-state index in [4.69, 9.17) is 0 Å². The molecule has 2 rings (SSSR count). The Labute approximate surface area is 124 Å². The summed E-state index contributed by atoms with van der Waals surface area (Å²) in [6.07, 6.45) is 0.690. The molecule has 6 nitrogen and oxygen atoms in total. The molecule has 1 aromatic carbocycles. The van der Waals surface area contributed by atoms with Gasteiger partial charge in [0.1, 0.15) is 11.6 Å². The van der Waals surface area contributed by atoms with E-state index in [1.165, 1.54) is 0 Å².